The molecule has 0 saturated carbocycles. The summed E-state index contributed by atoms with van der Waals surface area (Å²) in [5.74, 6) is -1.00. The standard InChI is InChI=1S/C11H10ClNO2/c1-6-4-3-5-7-8(6)9(12)10(11(14)15)13(7)2/h3-5H,1-2H3,(H,14,15). The first-order valence-electron chi connectivity index (χ1n) is 4.51. The van der Waals surface area contributed by atoms with Gasteiger partial charge in [0.15, 0.2) is 0 Å². The molecule has 0 radical (unpaired) electrons. The van der Waals surface area contributed by atoms with Gasteiger partial charge in [0, 0.05) is 12.4 Å². The molecule has 1 heterocycles. The maximum Gasteiger partial charge on any atom is 0.354 e. The van der Waals surface area contributed by atoms with Crippen molar-refractivity contribution in [1.82, 2.24) is 4.57 Å². The van der Waals surface area contributed by atoms with Gasteiger partial charge in [0.2, 0.25) is 0 Å². The van der Waals surface area contributed by atoms with Crippen molar-refractivity contribution in [2.24, 2.45) is 7.05 Å². The molecule has 4 heteroatoms. The minimum Gasteiger partial charge on any atom is -0.477 e. The molecular weight excluding hydrogens is 214 g/mol. The number of carbonyl (C=O) groups is 1. The van der Waals surface area contributed by atoms with Crippen LogP contribution in [0.2, 0.25) is 5.02 Å². The number of aryl methyl sites for hydroxylation is 2. The molecule has 1 aromatic carbocycles. The van der Waals surface area contributed by atoms with Gasteiger partial charge >= 0.3 is 5.97 Å². The van der Waals surface area contributed by atoms with E-state index in [9.17, 15) is 4.79 Å². The number of carboxylic acids is 1. The molecule has 3 nitrogen and oxygen atoms in total. The van der Waals surface area contributed by atoms with Crippen LogP contribution in [0, 0.1) is 6.92 Å². The number of fused-ring (bicyclic) bond motifs is 1. The van der Waals surface area contributed by atoms with Gasteiger partial charge in [-0.25, -0.2) is 4.79 Å². The molecule has 0 amide bonds. The number of hydrogen-bond acceptors (Lipinski definition) is 1. The molecule has 0 fully saturated rings. The van der Waals surface area contributed by atoms with Crippen molar-refractivity contribution >= 4 is 28.5 Å². The van der Waals surface area contributed by atoms with Gasteiger partial charge in [-0.3, -0.25) is 0 Å². The van der Waals surface area contributed by atoms with Crippen LogP contribution in [0.4, 0.5) is 0 Å². The average Bonchev–Trinajstić information content (AvgIpc) is 2.40. The molecular formula is C11H10ClNO2. The van der Waals surface area contributed by atoms with E-state index in [1.165, 1.54) is 0 Å². The van der Waals surface area contributed by atoms with Crippen molar-refractivity contribution in [3.05, 3.63) is 34.5 Å². The van der Waals surface area contributed by atoms with Crippen LogP contribution in [0.1, 0.15) is 16.1 Å². The lowest BCUT2D eigenvalue weighted by Gasteiger charge is -1.98. The van der Waals surface area contributed by atoms with Gasteiger partial charge in [-0.2, -0.15) is 0 Å². The van der Waals surface area contributed by atoms with Crippen molar-refractivity contribution in [2.75, 3.05) is 0 Å². The van der Waals surface area contributed by atoms with Crippen LogP contribution < -0.4 is 0 Å². The van der Waals surface area contributed by atoms with Crippen LogP contribution in [0.25, 0.3) is 10.9 Å². The van der Waals surface area contributed by atoms with E-state index < -0.39 is 5.97 Å². The van der Waals surface area contributed by atoms with E-state index >= 15 is 0 Å². The molecule has 2 aromatic rings. The quantitative estimate of drug-likeness (QED) is 0.808. The van der Waals surface area contributed by atoms with Crippen LogP contribution in [-0.4, -0.2) is 15.6 Å². The van der Waals surface area contributed by atoms with Crippen LogP contribution in [0.5, 0.6) is 0 Å². The van der Waals surface area contributed by atoms with E-state index in [2.05, 4.69) is 0 Å². The summed E-state index contributed by atoms with van der Waals surface area (Å²) in [5.41, 5.74) is 1.97. The summed E-state index contributed by atoms with van der Waals surface area (Å²) in [6.45, 7) is 1.92. The summed E-state index contributed by atoms with van der Waals surface area (Å²) in [5, 5.41) is 10.2. The zero-order chi connectivity index (χ0) is 11.2. The molecule has 0 unspecified atom stereocenters. The fourth-order valence-corrected chi connectivity index (χ4v) is 2.29. The third-order valence-corrected chi connectivity index (χ3v) is 2.95. The first-order valence-corrected chi connectivity index (χ1v) is 4.88. The van der Waals surface area contributed by atoms with Crippen LogP contribution in [0.3, 0.4) is 0 Å². The highest BCUT2D eigenvalue weighted by molar-refractivity contribution is 6.38. The van der Waals surface area contributed by atoms with Crippen LogP contribution in [0.15, 0.2) is 18.2 Å². The molecule has 0 spiro atoms. The van der Waals surface area contributed by atoms with Gasteiger partial charge in [-0.15, -0.1) is 0 Å². The number of hydrogen-bond donors (Lipinski definition) is 1. The fraction of sp³-hybridized carbons (Fsp3) is 0.182. The Labute approximate surface area is 91.9 Å². The summed E-state index contributed by atoms with van der Waals surface area (Å²) in [6, 6.07) is 5.67. The molecule has 78 valence electrons. The minimum atomic E-state index is -1.00. The molecule has 0 aliphatic heterocycles. The number of halogens is 1. The van der Waals surface area contributed by atoms with Crippen molar-refractivity contribution in [3.63, 3.8) is 0 Å². The second-order valence-electron chi connectivity index (χ2n) is 3.50. The predicted molar refractivity (Wildman–Crippen MR) is 59.6 cm³/mol. The Morgan fingerprint density at radius 3 is 2.67 bits per heavy atom. The zero-order valence-electron chi connectivity index (χ0n) is 8.41. The Morgan fingerprint density at radius 1 is 1.47 bits per heavy atom. The maximum atomic E-state index is 11.0. The Hall–Kier alpha value is -1.48. The smallest absolute Gasteiger partial charge is 0.354 e. The molecule has 0 aliphatic carbocycles. The number of nitrogens with zero attached hydrogens (tertiary/aromatic N) is 1. The molecule has 15 heavy (non-hydrogen) atoms. The van der Waals surface area contributed by atoms with Crippen molar-refractivity contribution in [3.8, 4) is 0 Å². The first-order chi connectivity index (χ1) is 7.04. The van der Waals surface area contributed by atoms with Crippen LogP contribution >= 0.6 is 11.6 Å². The molecule has 0 saturated heterocycles. The van der Waals surface area contributed by atoms with Gasteiger partial charge < -0.3 is 9.67 Å². The topological polar surface area (TPSA) is 42.2 Å². The van der Waals surface area contributed by atoms with E-state index in [4.69, 9.17) is 16.7 Å². The Morgan fingerprint density at radius 2 is 2.13 bits per heavy atom. The van der Waals surface area contributed by atoms with Gasteiger partial charge in [-0.1, -0.05) is 23.7 Å². The van der Waals surface area contributed by atoms with Crippen molar-refractivity contribution < 1.29 is 9.90 Å². The number of aromatic carboxylic acids is 1. The molecule has 1 aromatic heterocycles. The average molecular weight is 224 g/mol. The summed E-state index contributed by atoms with van der Waals surface area (Å²) in [6.07, 6.45) is 0. The highest BCUT2D eigenvalue weighted by atomic mass is 35.5. The monoisotopic (exact) mass is 223 g/mol. The number of aromatic nitrogens is 1. The second-order valence-corrected chi connectivity index (χ2v) is 3.87. The molecule has 0 atom stereocenters. The molecule has 2 rings (SSSR count). The summed E-state index contributed by atoms with van der Waals surface area (Å²) in [4.78, 5) is 11.0. The molecule has 1 N–H and O–H groups in total. The third-order valence-electron chi connectivity index (χ3n) is 2.58. The maximum absolute atomic E-state index is 11.0. The fourth-order valence-electron chi connectivity index (χ4n) is 1.84. The van der Waals surface area contributed by atoms with E-state index in [0.29, 0.717) is 5.02 Å². The highest BCUT2D eigenvalue weighted by Crippen LogP contribution is 2.32. The summed E-state index contributed by atoms with van der Waals surface area (Å²) < 4.78 is 1.60. The largest absolute Gasteiger partial charge is 0.477 e. The SMILES string of the molecule is Cc1cccc2c1c(Cl)c(C(=O)O)n2C. The van der Waals surface area contributed by atoms with Crippen molar-refractivity contribution in [2.45, 2.75) is 6.92 Å². The normalized spacial score (nSPS) is 10.9. The number of rotatable bonds is 1. The molecule has 0 bridgehead atoms. The Bertz CT molecular complexity index is 557. The molecule has 0 aliphatic rings. The van der Waals surface area contributed by atoms with E-state index in [1.807, 2.05) is 25.1 Å². The Balaban J connectivity index is 2.98. The second kappa shape index (κ2) is 3.28. The zero-order valence-corrected chi connectivity index (χ0v) is 9.17. The Kier molecular flexibility index (Phi) is 2.20. The van der Waals surface area contributed by atoms with Gasteiger partial charge in [-0.05, 0) is 18.6 Å². The van der Waals surface area contributed by atoms with Gasteiger partial charge in [0.1, 0.15) is 5.69 Å². The van der Waals surface area contributed by atoms with Gasteiger partial charge in [0.05, 0.1) is 10.5 Å². The van der Waals surface area contributed by atoms with Crippen molar-refractivity contribution in [1.29, 1.82) is 0 Å². The van der Waals surface area contributed by atoms with E-state index in [0.717, 1.165) is 16.5 Å². The number of benzene rings is 1. The number of carboxylic acid groups (broad SMARTS) is 1. The van der Waals surface area contributed by atoms with E-state index in [1.54, 1.807) is 11.6 Å². The first kappa shape index (κ1) is 10.1. The summed E-state index contributed by atoms with van der Waals surface area (Å²) in [7, 11) is 1.71. The van der Waals surface area contributed by atoms with E-state index in [-0.39, 0.29) is 5.69 Å². The van der Waals surface area contributed by atoms with Gasteiger partial charge in [0.25, 0.3) is 0 Å². The predicted octanol–water partition coefficient (Wildman–Crippen LogP) is 2.84. The summed E-state index contributed by atoms with van der Waals surface area (Å²) >= 11 is 6.06. The van der Waals surface area contributed by atoms with Crippen LogP contribution in [-0.2, 0) is 7.05 Å². The lowest BCUT2D eigenvalue weighted by Crippen LogP contribution is -2.04. The lowest BCUT2D eigenvalue weighted by molar-refractivity contribution is 0.0687. The third kappa shape index (κ3) is 1.31. The lowest BCUT2D eigenvalue weighted by atomic mass is 10.1. The highest BCUT2D eigenvalue weighted by Gasteiger charge is 2.19. The minimum absolute atomic E-state index is 0.140.